The molecule has 1 atom stereocenters. The summed E-state index contributed by atoms with van der Waals surface area (Å²) in [6.07, 6.45) is 2.02. The number of rotatable bonds is 9. The Morgan fingerprint density at radius 1 is 1.16 bits per heavy atom. The predicted molar refractivity (Wildman–Crippen MR) is 102 cm³/mol. The molecule has 3 N–H and O–H groups in total. The van der Waals surface area contributed by atoms with Crippen molar-refractivity contribution in [3.63, 3.8) is 0 Å². The van der Waals surface area contributed by atoms with E-state index in [4.69, 9.17) is 5.73 Å². The Labute approximate surface area is 149 Å². The molecule has 0 radical (unpaired) electrons. The first kappa shape index (κ1) is 19.2. The summed E-state index contributed by atoms with van der Waals surface area (Å²) in [5.41, 5.74) is 7.50. The molecule has 0 fully saturated rings. The third-order valence-electron chi connectivity index (χ3n) is 4.34. The molecular formula is C19H30N4O2. The van der Waals surface area contributed by atoms with Crippen molar-refractivity contribution in [2.45, 2.75) is 59.2 Å². The molecule has 2 aromatic rings. The van der Waals surface area contributed by atoms with Crippen LogP contribution in [-0.4, -0.2) is 27.6 Å². The molecule has 138 valence electrons. The second-order valence-electron chi connectivity index (χ2n) is 6.95. The van der Waals surface area contributed by atoms with E-state index >= 15 is 0 Å². The van der Waals surface area contributed by atoms with Crippen molar-refractivity contribution in [2.24, 2.45) is 11.7 Å². The molecule has 0 saturated heterocycles. The van der Waals surface area contributed by atoms with Crippen LogP contribution < -0.4 is 16.7 Å². The van der Waals surface area contributed by atoms with Gasteiger partial charge in [-0.05, 0) is 30.9 Å². The number of nitrogens with two attached hydrogens (primary N) is 1. The third kappa shape index (κ3) is 4.72. The van der Waals surface area contributed by atoms with Crippen LogP contribution in [0.1, 0.15) is 40.0 Å². The molecule has 25 heavy (non-hydrogen) atoms. The van der Waals surface area contributed by atoms with E-state index in [9.17, 15) is 9.59 Å². The minimum absolute atomic E-state index is 0.00865. The molecule has 6 nitrogen and oxygen atoms in total. The molecule has 1 aromatic carbocycles. The lowest BCUT2D eigenvalue weighted by Gasteiger charge is -2.18. The fourth-order valence-corrected chi connectivity index (χ4v) is 3.22. The van der Waals surface area contributed by atoms with Crippen LogP contribution in [0.3, 0.4) is 0 Å². The van der Waals surface area contributed by atoms with Crippen molar-refractivity contribution in [2.75, 3.05) is 6.54 Å². The number of carbonyl (C=O) groups excluding carboxylic acids is 1. The second-order valence-corrected chi connectivity index (χ2v) is 6.95. The summed E-state index contributed by atoms with van der Waals surface area (Å²) in [6.45, 7) is 7.75. The molecule has 1 unspecified atom stereocenters. The van der Waals surface area contributed by atoms with E-state index in [0.717, 1.165) is 23.9 Å². The lowest BCUT2D eigenvalue weighted by molar-refractivity contribution is -0.122. The van der Waals surface area contributed by atoms with Gasteiger partial charge in [0.15, 0.2) is 0 Å². The number of aromatic nitrogens is 2. The highest BCUT2D eigenvalue weighted by Crippen LogP contribution is 2.13. The van der Waals surface area contributed by atoms with E-state index in [1.165, 1.54) is 0 Å². The molecule has 0 spiro atoms. The highest BCUT2D eigenvalue weighted by molar-refractivity contribution is 5.78. The van der Waals surface area contributed by atoms with Crippen LogP contribution >= 0.6 is 0 Å². The van der Waals surface area contributed by atoms with Crippen LogP contribution in [0.25, 0.3) is 11.0 Å². The molecule has 1 heterocycles. The summed E-state index contributed by atoms with van der Waals surface area (Å²) in [7, 11) is 0. The Hall–Kier alpha value is -2.08. The van der Waals surface area contributed by atoms with Crippen molar-refractivity contribution < 1.29 is 4.79 Å². The monoisotopic (exact) mass is 346 g/mol. The summed E-state index contributed by atoms with van der Waals surface area (Å²) in [5, 5.41) is 2.98. The maximum absolute atomic E-state index is 12.7. The highest BCUT2D eigenvalue weighted by atomic mass is 16.2. The molecule has 0 aliphatic rings. The zero-order valence-electron chi connectivity index (χ0n) is 15.5. The number of carbonyl (C=O) groups is 1. The number of nitrogens with one attached hydrogen (secondary N) is 1. The van der Waals surface area contributed by atoms with Crippen molar-refractivity contribution in [3.8, 4) is 0 Å². The Balaban J connectivity index is 2.11. The lowest BCUT2D eigenvalue weighted by atomic mass is 10.0. The van der Waals surface area contributed by atoms with Gasteiger partial charge in [0.1, 0.15) is 0 Å². The van der Waals surface area contributed by atoms with E-state index in [1.807, 2.05) is 31.2 Å². The zero-order valence-corrected chi connectivity index (χ0v) is 15.5. The Morgan fingerprint density at radius 2 is 1.76 bits per heavy atom. The largest absolute Gasteiger partial charge is 0.352 e. The molecule has 0 saturated carbocycles. The molecule has 0 aliphatic heterocycles. The van der Waals surface area contributed by atoms with Crippen LogP contribution in [0.4, 0.5) is 0 Å². The zero-order chi connectivity index (χ0) is 18.4. The van der Waals surface area contributed by atoms with E-state index in [1.54, 1.807) is 9.13 Å². The molecule has 1 aromatic heterocycles. The number of hydrogen-bond acceptors (Lipinski definition) is 3. The SMILES string of the molecule is CCCn1c(=O)n(CCC(=O)NC(CN)CC(C)C)c2ccccc21. The van der Waals surface area contributed by atoms with Gasteiger partial charge >= 0.3 is 5.69 Å². The standard InChI is InChI=1S/C19H30N4O2/c1-4-10-22-16-7-5-6-8-17(16)23(19(22)25)11-9-18(24)21-15(13-20)12-14(2)3/h5-8,14-15H,4,9-13,20H2,1-3H3,(H,21,24). The number of fused-ring (bicyclic) bond motifs is 1. The van der Waals surface area contributed by atoms with Gasteiger partial charge in [-0.3, -0.25) is 13.9 Å². The third-order valence-corrected chi connectivity index (χ3v) is 4.34. The molecule has 6 heteroatoms. The number of aryl methyl sites for hydroxylation is 2. The van der Waals surface area contributed by atoms with Gasteiger partial charge in [-0.2, -0.15) is 0 Å². The van der Waals surface area contributed by atoms with Crippen molar-refractivity contribution >= 4 is 16.9 Å². The van der Waals surface area contributed by atoms with Crippen LogP contribution in [0, 0.1) is 5.92 Å². The van der Waals surface area contributed by atoms with Gasteiger partial charge in [0, 0.05) is 32.1 Å². The number of nitrogens with zero attached hydrogens (tertiary/aromatic N) is 2. The quantitative estimate of drug-likeness (QED) is 0.729. The second kappa shape index (κ2) is 8.85. The van der Waals surface area contributed by atoms with Crippen LogP contribution in [0.2, 0.25) is 0 Å². The van der Waals surface area contributed by atoms with E-state index in [2.05, 4.69) is 19.2 Å². The Bertz CT molecular complexity index is 760. The van der Waals surface area contributed by atoms with Gasteiger partial charge in [0.2, 0.25) is 5.91 Å². The topological polar surface area (TPSA) is 82.0 Å². The van der Waals surface area contributed by atoms with Gasteiger partial charge < -0.3 is 11.1 Å². The fourth-order valence-electron chi connectivity index (χ4n) is 3.22. The maximum Gasteiger partial charge on any atom is 0.329 e. The van der Waals surface area contributed by atoms with Crippen LogP contribution in [-0.2, 0) is 17.9 Å². The van der Waals surface area contributed by atoms with Crippen LogP contribution in [0.15, 0.2) is 29.1 Å². The number of benzene rings is 1. The van der Waals surface area contributed by atoms with E-state index < -0.39 is 0 Å². The van der Waals surface area contributed by atoms with E-state index in [0.29, 0.717) is 25.6 Å². The number of para-hydroxylation sites is 2. The van der Waals surface area contributed by atoms with Gasteiger partial charge in [-0.25, -0.2) is 4.79 Å². The predicted octanol–water partition coefficient (Wildman–Crippen LogP) is 2.09. The smallest absolute Gasteiger partial charge is 0.329 e. The highest BCUT2D eigenvalue weighted by Gasteiger charge is 2.15. The van der Waals surface area contributed by atoms with Gasteiger partial charge in [-0.15, -0.1) is 0 Å². The minimum atomic E-state index is -0.0599. The van der Waals surface area contributed by atoms with Gasteiger partial charge in [-0.1, -0.05) is 32.9 Å². The first-order valence-corrected chi connectivity index (χ1v) is 9.15. The van der Waals surface area contributed by atoms with Crippen LogP contribution in [0.5, 0.6) is 0 Å². The molecule has 0 aliphatic carbocycles. The summed E-state index contributed by atoms with van der Waals surface area (Å²) in [5.74, 6) is 0.416. The Morgan fingerprint density at radius 3 is 2.28 bits per heavy atom. The summed E-state index contributed by atoms with van der Waals surface area (Å²) < 4.78 is 3.49. The maximum atomic E-state index is 12.7. The average Bonchev–Trinajstić information content (AvgIpc) is 2.84. The Kier molecular flexibility index (Phi) is 6.82. The number of hydrogen-bond donors (Lipinski definition) is 2. The molecule has 2 rings (SSSR count). The first-order chi connectivity index (χ1) is 12.0. The minimum Gasteiger partial charge on any atom is -0.352 e. The molecule has 0 bridgehead atoms. The summed E-state index contributed by atoms with van der Waals surface area (Å²) >= 11 is 0. The van der Waals surface area contributed by atoms with Crippen molar-refractivity contribution in [1.29, 1.82) is 0 Å². The van der Waals surface area contributed by atoms with Crippen molar-refractivity contribution in [3.05, 3.63) is 34.7 Å². The van der Waals surface area contributed by atoms with Gasteiger partial charge in [0.05, 0.1) is 11.0 Å². The lowest BCUT2D eigenvalue weighted by Crippen LogP contribution is -2.41. The van der Waals surface area contributed by atoms with Gasteiger partial charge in [0.25, 0.3) is 0 Å². The average molecular weight is 346 g/mol. The molecular weight excluding hydrogens is 316 g/mol. The molecule has 1 amide bonds. The first-order valence-electron chi connectivity index (χ1n) is 9.15. The van der Waals surface area contributed by atoms with E-state index in [-0.39, 0.29) is 24.1 Å². The normalized spacial score (nSPS) is 12.7. The van der Waals surface area contributed by atoms with Crippen molar-refractivity contribution in [1.82, 2.24) is 14.5 Å². The fraction of sp³-hybridized carbons (Fsp3) is 0.579. The number of amides is 1. The summed E-state index contributed by atoms with van der Waals surface area (Å²) in [4.78, 5) is 24.9. The summed E-state index contributed by atoms with van der Waals surface area (Å²) in [6, 6.07) is 7.73. The number of imidazole rings is 1.